The Labute approximate surface area is 108 Å². The lowest BCUT2D eigenvalue weighted by atomic mass is 9.93. The first-order chi connectivity index (χ1) is 8.69. The molecule has 5 heteroatoms. The molecule has 1 aromatic heterocycles. The largest absolute Gasteiger partial charge is 0.339 e. The number of hydrogen-bond acceptors (Lipinski definition) is 5. The number of aromatic nitrogens is 2. The summed E-state index contributed by atoms with van der Waals surface area (Å²) in [4.78, 5) is 17.1. The monoisotopic (exact) mass is 251 g/mol. The molecule has 0 spiro atoms. The number of carbonyl (C=O) groups is 1. The van der Waals surface area contributed by atoms with E-state index >= 15 is 0 Å². The topological polar surface area (TPSA) is 59.2 Å². The fourth-order valence-electron chi connectivity index (χ4n) is 2.46. The third-order valence-corrected chi connectivity index (χ3v) is 3.62. The molecule has 0 bridgehead atoms. The highest BCUT2D eigenvalue weighted by molar-refractivity contribution is 5.52. The Balaban J connectivity index is 1.81. The van der Waals surface area contributed by atoms with Crippen LogP contribution < -0.4 is 0 Å². The van der Waals surface area contributed by atoms with Gasteiger partial charge in [0.25, 0.3) is 0 Å². The number of carbonyl (C=O) groups excluding carboxylic acids is 1. The Morgan fingerprint density at radius 2 is 2.17 bits per heavy atom. The minimum Gasteiger partial charge on any atom is -0.339 e. The van der Waals surface area contributed by atoms with Gasteiger partial charge in [-0.25, -0.2) is 0 Å². The van der Waals surface area contributed by atoms with E-state index < -0.39 is 0 Å². The number of likely N-dealkylation sites (tertiary alicyclic amines) is 1. The van der Waals surface area contributed by atoms with Crippen LogP contribution in [0.2, 0.25) is 0 Å². The van der Waals surface area contributed by atoms with Gasteiger partial charge in [0.1, 0.15) is 6.29 Å². The number of nitrogens with zero attached hydrogens (tertiary/aromatic N) is 3. The first-order valence-electron chi connectivity index (χ1n) is 6.68. The van der Waals surface area contributed by atoms with E-state index in [-0.39, 0.29) is 6.42 Å². The zero-order valence-electron chi connectivity index (χ0n) is 11.1. The third kappa shape index (κ3) is 3.38. The average molecular weight is 251 g/mol. The maximum Gasteiger partial charge on any atom is 0.233 e. The fourth-order valence-corrected chi connectivity index (χ4v) is 2.46. The Hall–Kier alpha value is -1.23. The zero-order valence-corrected chi connectivity index (χ0v) is 11.1. The molecule has 1 aromatic rings. The van der Waals surface area contributed by atoms with Gasteiger partial charge in [0.2, 0.25) is 5.89 Å². The molecule has 0 aliphatic carbocycles. The van der Waals surface area contributed by atoms with Crippen molar-refractivity contribution >= 4 is 6.29 Å². The summed E-state index contributed by atoms with van der Waals surface area (Å²) in [7, 11) is 0. The highest BCUT2D eigenvalue weighted by atomic mass is 16.5. The van der Waals surface area contributed by atoms with Gasteiger partial charge in [-0.15, -0.1) is 0 Å². The molecule has 0 aromatic carbocycles. The van der Waals surface area contributed by atoms with Gasteiger partial charge < -0.3 is 14.2 Å². The average Bonchev–Trinajstić information content (AvgIpc) is 2.78. The van der Waals surface area contributed by atoms with E-state index in [1.165, 1.54) is 12.8 Å². The Kier molecular flexibility index (Phi) is 4.47. The molecule has 1 fully saturated rings. The summed E-state index contributed by atoms with van der Waals surface area (Å²) in [6.07, 6.45) is 4.26. The lowest BCUT2D eigenvalue weighted by Gasteiger charge is -2.34. The van der Waals surface area contributed by atoms with E-state index in [0.29, 0.717) is 17.9 Å². The second-order valence-corrected chi connectivity index (χ2v) is 5.25. The van der Waals surface area contributed by atoms with Gasteiger partial charge in [0, 0.05) is 12.5 Å². The van der Waals surface area contributed by atoms with Crippen LogP contribution in [0.3, 0.4) is 0 Å². The molecule has 1 aliphatic heterocycles. The van der Waals surface area contributed by atoms with E-state index in [9.17, 15) is 4.79 Å². The summed E-state index contributed by atoms with van der Waals surface area (Å²) < 4.78 is 5.00. The maximum absolute atomic E-state index is 10.3. The SMILES string of the molecule is CC(C)N1CCC(Cc2noc(CC=O)n2)CC1. The van der Waals surface area contributed by atoms with Crippen molar-refractivity contribution in [1.29, 1.82) is 0 Å². The van der Waals surface area contributed by atoms with Gasteiger partial charge in [-0.3, -0.25) is 0 Å². The molecule has 0 atom stereocenters. The van der Waals surface area contributed by atoms with Crippen molar-refractivity contribution < 1.29 is 9.32 Å². The van der Waals surface area contributed by atoms with Crippen molar-refractivity contribution in [3.63, 3.8) is 0 Å². The van der Waals surface area contributed by atoms with Gasteiger partial charge >= 0.3 is 0 Å². The number of piperidine rings is 1. The molecule has 0 unspecified atom stereocenters. The van der Waals surface area contributed by atoms with E-state index in [0.717, 1.165) is 31.6 Å². The second kappa shape index (κ2) is 6.09. The smallest absolute Gasteiger partial charge is 0.233 e. The molecule has 1 aliphatic rings. The maximum atomic E-state index is 10.3. The van der Waals surface area contributed by atoms with Crippen LogP contribution in [0.5, 0.6) is 0 Å². The minimum absolute atomic E-state index is 0.221. The Bertz CT molecular complexity index is 381. The quantitative estimate of drug-likeness (QED) is 0.742. The first-order valence-corrected chi connectivity index (χ1v) is 6.68. The predicted octanol–water partition coefficient (Wildman–Crippen LogP) is 1.47. The Morgan fingerprint density at radius 1 is 1.44 bits per heavy atom. The summed E-state index contributed by atoms with van der Waals surface area (Å²) in [5.41, 5.74) is 0. The van der Waals surface area contributed by atoms with Gasteiger partial charge in [-0.1, -0.05) is 5.16 Å². The summed E-state index contributed by atoms with van der Waals surface area (Å²) >= 11 is 0. The number of hydrogen-bond donors (Lipinski definition) is 0. The van der Waals surface area contributed by atoms with Crippen molar-refractivity contribution in [2.24, 2.45) is 5.92 Å². The van der Waals surface area contributed by atoms with Gasteiger partial charge in [0.05, 0.1) is 6.42 Å². The van der Waals surface area contributed by atoms with Crippen LogP contribution in [0.4, 0.5) is 0 Å². The standard InChI is InChI=1S/C13H21N3O2/c1-10(2)16-6-3-11(4-7-16)9-12-14-13(5-8-17)18-15-12/h8,10-11H,3-7,9H2,1-2H3. The van der Waals surface area contributed by atoms with E-state index in [2.05, 4.69) is 28.9 Å². The molecule has 100 valence electrons. The molecular weight excluding hydrogens is 230 g/mol. The van der Waals surface area contributed by atoms with Crippen LogP contribution in [-0.4, -0.2) is 40.5 Å². The van der Waals surface area contributed by atoms with Gasteiger partial charge in [-0.05, 0) is 45.7 Å². The van der Waals surface area contributed by atoms with Crippen LogP contribution in [0.25, 0.3) is 0 Å². The molecule has 5 nitrogen and oxygen atoms in total. The van der Waals surface area contributed by atoms with Crippen LogP contribution in [0.15, 0.2) is 4.52 Å². The highest BCUT2D eigenvalue weighted by Gasteiger charge is 2.22. The highest BCUT2D eigenvalue weighted by Crippen LogP contribution is 2.21. The summed E-state index contributed by atoms with van der Waals surface area (Å²) in [5.74, 6) is 1.82. The Morgan fingerprint density at radius 3 is 2.78 bits per heavy atom. The van der Waals surface area contributed by atoms with Crippen LogP contribution in [0.1, 0.15) is 38.4 Å². The molecule has 2 rings (SSSR count). The van der Waals surface area contributed by atoms with E-state index in [1.807, 2.05) is 0 Å². The van der Waals surface area contributed by atoms with Crippen molar-refractivity contribution in [1.82, 2.24) is 15.0 Å². The van der Waals surface area contributed by atoms with E-state index in [4.69, 9.17) is 4.52 Å². The summed E-state index contributed by atoms with van der Waals surface area (Å²) in [6.45, 7) is 6.79. The van der Waals surface area contributed by atoms with Crippen LogP contribution in [0, 0.1) is 5.92 Å². The molecule has 1 saturated heterocycles. The number of rotatable bonds is 5. The molecule has 2 heterocycles. The van der Waals surface area contributed by atoms with Gasteiger partial charge in [-0.2, -0.15) is 4.98 Å². The van der Waals surface area contributed by atoms with Crippen molar-refractivity contribution in [3.05, 3.63) is 11.7 Å². The van der Waals surface area contributed by atoms with Crippen molar-refractivity contribution in [3.8, 4) is 0 Å². The van der Waals surface area contributed by atoms with Gasteiger partial charge in [0.15, 0.2) is 5.82 Å². The third-order valence-electron chi connectivity index (χ3n) is 3.62. The lowest BCUT2D eigenvalue weighted by Crippen LogP contribution is -2.38. The lowest BCUT2D eigenvalue weighted by molar-refractivity contribution is -0.107. The molecular formula is C13H21N3O2. The second-order valence-electron chi connectivity index (χ2n) is 5.25. The van der Waals surface area contributed by atoms with Crippen molar-refractivity contribution in [2.45, 2.75) is 45.6 Å². The number of aldehydes is 1. The normalized spacial score (nSPS) is 18.4. The first kappa shape index (κ1) is 13.2. The molecule has 0 N–H and O–H groups in total. The summed E-state index contributed by atoms with van der Waals surface area (Å²) in [6, 6.07) is 0.635. The van der Waals surface area contributed by atoms with Crippen LogP contribution in [-0.2, 0) is 17.6 Å². The summed E-state index contributed by atoms with van der Waals surface area (Å²) in [5, 5.41) is 3.92. The van der Waals surface area contributed by atoms with E-state index in [1.54, 1.807) is 0 Å². The predicted molar refractivity (Wildman–Crippen MR) is 67.2 cm³/mol. The van der Waals surface area contributed by atoms with Crippen molar-refractivity contribution in [2.75, 3.05) is 13.1 Å². The van der Waals surface area contributed by atoms with Crippen LogP contribution >= 0.6 is 0 Å². The fraction of sp³-hybridized carbons (Fsp3) is 0.769. The minimum atomic E-state index is 0.221. The molecule has 0 radical (unpaired) electrons. The molecule has 0 saturated carbocycles. The molecule has 0 amide bonds. The zero-order chi connectivity index (χ0) is 13.0. The molecule has 18 heavy (non-hydrogen) atoms.